The van der Waals surface area contributed by atoms with E-state index in [9.17, 15) is 4.79 Å². The molecular formula is C21H27N3O2. The molecule has 0 bridgehead atoms. The fourth-order valence-corrected chi connectivity index (χ4v) is 4.22. The van der Waals surface area contributed by atoms with E-state index in [0.29, 0.717) is 19.3 Å². The number of hydrogen-bond acceptors (Lipinski definition) is 4. The number of fused-ring (bicyclic) bond motifs is 1. The van der Waals surface area contributed by atoms with Crippen molar-refractivity contribution in [2.45, 2.75) is 44.2 Å². The molecule has 1 aliphatic carbocycles. The Morgan fingerprint density at radius 1 is 1.12 bits per heavy atom. The Hall–Kier alpha value is -1.98. The largest absolute Gasteiger partial charge is 0.379 e. The molecule has 1 saturated carbocycles. The minimum Gasteiger partial charge on any atom is -0.379 e. The van der Waals surface area contributed by atoms with Crippen molar-refractivity contribution in [2.24, 2.45) is 0 Å². The summed E-state index contributed by atoms with van der Waals surface area (Å²) < 4.78 is 5.52. The third-order valence-electron chi connectivity index (χ3n) is 5.59. The summed E-state index contributed by atoms with van der Waals surface area (Å²) in [7, 11) is 0. The molecule has 2 fully saturated rings. The van der Waals surface area contributed by atoms with Crippen molar-refractivity contribution in [1.29, 1.82) is 0 Å². The van der Waals surface area contributed by atoms with Crippen LogP contribution < -0.4 is 5.32 Å². The summed E-state index contributed by atoms with van der Waals surface area (Å²) in [5, 5.41) is 4.40. The van der Waals surface area contributed by atoms with Gasteiger partial charge in [-0.3, -0.25) is 14.7 Å². The predicted octanol–water partition coefficient (Wildman–Crippen LogP) is 3.06. The summed E-state index contributed by atoms with van der Waals surface area (Å²) in [6, 6.07) is 10.1. The SMILES string of the molecule is O=C(NC1CCCCC1)C(c1ccnc2ccccc12)N1CCOCC1. The number of carbonyl (C=O) groups is 1. The quantitative estimate of drug-likeness (QED) is 0.918. The van der Waals surface area contributed by atoms with E-state index in [0.717, 1.165) is 42.4 Å². The molecule has 138 valence electrons. The van der Waals surface area contributed by atoms with Crippen LogP contribution in [0.15, 0.2) is 36.5 Å². The Labute approximate surface area is 154 Å². The van der Waals surface area contributed by atoms with Crippen LogP contribution in [0.3, 0.4) is 0 Å². The van der Waals surface area contributed by atoms with E-state index in [1.54, 1.807) is 0 Å². The second kappa shape index (κ2) is 8.14. The Balaban J connectivity index is 1.66. The molecule has 1 N–H and O–H groups in total. The summed E-state index contributed by atoms with van der Waals surface area (Å²) in [5.74, 6) is 0.121. The molecule has 26 heavy (non-hydrogen) atoms. The average molecular weight is 353 g/mol. The predicted molar refractivity (Wildman–Crippen MR) is 102 cm³/mol. The summed E-state index contributed by atoms with van der Waals surface area (Å²) in [5.41, 5.74) is 1.99. The second-order valence-electron chi connectivity index (χ2n) is 7.31. The molecule has 0 radical (unpaired) electrons. The molecule has 1 aromatic carbocycles. The van der Waals surface area contributed by atoms with Gasteiger partial charge in [0.05, 0.1) is 18.7 Å². The molecule has 5 heteroatoms. The van der Waals surface area contributed by atoms with E-state index in [-0.39, 0.29) is 11.9 Å². The molecule has 1 saturated heterocycles. The lowest BCUT2D eigenvalue weighted by atomic mass is 9.94. The maximum atomic E-state index is 13.3. The Morgan fingerprint density at radius 3 is 2.69 bits per heavy atom. The van der Waals surface area contributed by atoms with Gasteiger partial charge in [-0.25, -0.2) is 0 Å². The van der Waals surface area contributed by atoms with Gasteiger partial charge in [0, 0.05) is 30.7 Å². The number of para-hydroxylation sites is 1. The van der Waals surface area contributed by atoms with Crippen molar-refractivity contribution in [3.63, 3.8) is 0 Å². The van der Waals surface area contributed by atoms with Gasteiger partial charge in [-0.15, -0.1) is 0 Å². The van der Waals surface area contributed by atoms with E-state index < -0.39 is 0 Å². The van der Waals surface area contributed by atoms with Gasteiger partial charge in [0.1, 0.15) is 6.04 Å². The third kappa shape index (κ3) is 3.74. The molecule has 0 spiro atoms. The van der Waals surface area contributed by atoms with E-state index in [2.05, 4.69) is 21.3 Å². The molecule has 2 heterocycles. The monoisotopic (exact) mass is 353 g/mol. The highest BCUT2D eigenvalue weighted by Crippen LogP contribution is 2.29. The van der Waals surface area contributed by atoms with Gasteiger partial charge in [-0.05, 0) is 30.5 Å². The van der Waals surface area contributed by atoms with Crippen LogP contribution in [-0.2, 0) is 9.53 Å². The highest BCUT2D eigenvalue weighted by Gasteiger charge is 2.31. The second-order valence-corrected chi connectivity index (χ2v) is 7.31. The van der Waals surface area contributed by atoms with Crippen LogP contribution in [-0.4, -0.2) is 48.1 Å². The fourth-order valence-electron chi connectivity index (χ4n) is 4.22. The number of nitrogens with zero attached hydrogens (tertiary/aromatic N) is 2. The average Bonchev–Trinajstić information content (AvgIpc) is 2.70. The van der Waals surface area contributed by atoms with Crippen LogP contribution >= 0.6 is 0 Å². The number of nitrogens with one attached hydrogen (secondary N) is 1. The molecule has 1 amide bonds. The summed E-state index contributed by atoms with van der Waals surface area (Å²) in [6.07, 6.45) is 7.72. The molecule has 1 atom stereocenters. The number of aromatic nitrogens is 1. The molecule has 1 aliphatic heterocycles. The van der Waals surface area contributed by atoms with Gasteiger partial charge >= 0.3 is 0 Å². The summed E-state index contributed by atoms with van der Waals surface area (Å²) in [4.78, 5) is 20.1. The first-order valence-electron chi connectivity index (χ1n) is 9.79. The van der Waals surface area contributed by atoms with Gasteiger partial charge in [-0.2, -0.15) is 0 Å². The van der Waals surface area contributed by atoms with E-state index >= 15 is 0 Å². The fraction of sp³-hybridized carbons (Fsp3) is 0.524. The highest BCUT2D eigenvalue weighted by molar-refractivity contribution is 5.91. The maximum Gasteiger partial charge on any atom is 0.242 e. The number of benzene rings is 1. The Kier molecular flexibility index (Phi) is 5.46. The molecule has 2 aromatic rings. The molecule has 1 aromatic heterocycles. The number of carbonyl (C=O) groups excluding carboxylic acids is 1. The number of pyridine rings is 1. The minimum atomic E-state index is -0.284. The molecule has 4 rings (SSSR count). The van der Waals surface area contributed by atoms with Crippen molar-refractivity contribution in [3.8, 4) is 0 Å². The molecule has 5 nitrogen and oxygen atoms in total. The van der Waals surface area contributed by atoms with Crippen LogP contribution in [0.1, 0.15) is 43.7 Å². The summed E-state index contributed by atoms with van der Waals surface area (Å²) in [6.45, 7) is 2.91. The van der Waals surface area contributed by atoms with Crippen molar-refractivity contribution in [1.82, 2.24) is 15.2 Å². The van der Waals surface area contributed by atoms with Crippen LogP contribution in [0.25, 0.3) is 10.9 Å². The first kappa shape index (κ1) is 17.4. The van der Waals surface area contributed by atoms with Crippen molar-refractivity contribution < 1.29 is 9.53 Å². The normalized spacial score (nSPS) is 20.8. The smallest absolute Gasteiger partial charge is 0.242 e. The van der Waals surface area contributed by atoms with Crippen molar-refractivity contribution in [3.05, 3.63) is 42.1 Å². The van der Waals surface area contributed by atoms with Gasteiger partial charge in [0.2, 0.25) is 5.91 Å². The zero-order valence-corrected chi connectivity index (χ0v) is 15.2. The molecule has 1 unspecified atom stereocenters. The lowest BCUT2D eigenvalue weighted by Gasteiger charge is -2.35. The first-order chi connectivity index (χ1) is 12.8. The van der Waals surface area contributed by atoms with Crippen LogP contribution in [0, 0.1) is 0 Å². The van der Waals surface area contributed by atoms with Crippen LogP contribution in [0.2, 0.25) is 0 Å². The number of amides is 1. The van der Waals surface area contributed by atoms with Crippen molar-refractivity contribution >= 4 is 16.8 Å². The lowest BCUT2D eigenvalue weighted by Crippen LogP contribution is -2.48. The van der Waals surface area contributed by atoms with Gasteiger partial charge < -0.3 is 10.1 Å². The minimum absolute atomic E-state index is 0.121. The third-order valence-corrected chi connectivity index (χ3v) is 5.59. The van der Waals surface area contributed by atoms with E-state index in [1.165, 1.54) is 19.3 Å². The summed E-state index contributed by atoms with van der Waals surface area (Å²) >= 11 is 0. The lowest BCUT2D eigenvalue weighted by molar-refractivity contribution is -0.129. The van der Waals surface area contributed by atoms with Gasteiger partial charge in [0.25, 0.3) is 0 Å². The number of rotatable bonds is 4. The standard InChI is InChI=1S/C21H27N3O2/c25-21(23-16-6-2-1-3-7-16)20(24-12-14-26-15-13-24)18-10-11-22-19-9-5-4-8-17(18)19/h4-5,8-11,16,20H,1-3,6-7,12-15H2,(H,23,25). The number of hydrogen-bond donors (Lipinski definition) is 1. The van der Waals surface area contributed by atoms with E-state index in [1.807, 2.05) is 30.5 Å². The van der Waals surface area contributed by atoms with E-state index in [4.69, 9.17) is 4.74 Å². The Bertz CT molecular complexity index is 747. The van der Waals surface area contributed by atoms with Gasteiger partial charge in [-0.1, -0.05) is 37.5 Å². The number of ether oxygens (including phenoxy) is 1. The molecule has 2 aliphatic rings. The topological polar surface area (TPSA) is 54.5 Å². The van der Waals surface area contributed by atoms with Gasteiger partial charge in [0.15, 0.2) is 0 Å². The highest BCUT2D eigenvalue weighted by atomic mass is 16.5. The Morgan fingerprint density at radius 2 is 1.88 bits per heavy atom. The zero-order valence-electron chi connectivity index (χ0n) is 15.2. The molecular weight excluding hydrogens is 326 g/mol. The first-order valence-corrected chi connectivity index (χ1v) is 9.79. The zero-order chi connectivity index (χ0) is 17.8. The number of morpholine rings is 1. The van der Waals surface area contributed by atoms with Crippen LogP contribution in [0.4, 0.5) is 0 Å². The van der Waals surface area contributed by atoms with Crippen LogP contribution in [0.5, 0.6) is 0 Å². The van der Waals surface area contributed by atoms with Crippen molar-refractivity contribution in [2.75, 3.05) is 26.3 Å². The maximum absolute atomic E-state index is 13.3.